The van der Waals surface area contributed by atoms with Gasteiger partial charge in [-0.1, -0.05) is 6.58 Å². The molecule has 0 aliphatic carbocycles. The first-order valence-corrected chi connectivity index (χ1v) is 3.44. The van der Waals surface area contributed by atoms with Crippen LogP contribution in [0.25, 0.3) is 0 Å². The van der Waals surface area contributed by atoms with Crippen molar-refractivity contribution in [2.45, 2.75) is 6.92 Å². The summed E-state index contributed by atoms with van der Waals surface area (Å²) < 4.78 is 9.80. The molecule has 0 spiro atoms. The molecule has 0 N–H and O–H groups in total. The van der Waals surface area contributed by atoms with Crippen LogP contribution >= 0.6 is 0 Å². The van der Waals surface area contributed by atoms with Crippen molar-refractivity contribution in [3.05, 3.63) is 12.2 Å². The van der Waals surface area contributed by atoms with E-state index in [1.54, 1.807) is 7.11 Å². The Hall–Kier alpha value is -0.670. The van der Waals surface area contributed by atoms with Crippen LogP contribution in [-0.4, -0.2) is 32.7 Å². The molecule has 0 aromatic rings. The Bertz CT molecular complexity index is 140. The van der Waals surface area contributed by atoms with Gasteiger partial charge in [0.05, 0.1) is 19.8 Å². The standard InChI is InChI=1S/C8H14O3/c1-7(8(2)9)6-11-5-4-10-3/h1,4-6H2,2-3H3. The largest absolute Gasteiger partial charge is 0.382 e. The summed E-state index contributed by atoms with van der Waals surface area (Å²) in [6.45, 7) is 6.36. The number of Topliss-reactive ketones (excluding diaryl/α,β-unsaturated/α-hetero) is 1. The lowest BCUT2D eigenvalue weighted by Crippen LogP contribution is -2.08. The van der Waals surface area contributed by atoms with Gasteiger partial charge in [-0.2, -0.15) is 0 Å². The molecule has 0 aliphatic heterocycles. The average Bonchev–Trinajstić information content (AvgIpc) is 1.97. The minimum absolute atomic E-state index is 0.0255. The fourth-order valence-corrected chi connectivity index (χ4v) is 0.439. The van der Waals surface area contributed by atoms with Gasteiger partial charge in [-0.25, -0.2) is 0 Å². The Labute approximate surface area is 67.0 Å². The smallest absolute Gasteiger partial charge is 0.157 e. The van der Waals surface area contributed by atoms with Crippen LogP contribution in [0.2, 0.25) is 0 Å². The second-order valence-corrected chi connectivity index (χ2v) is 2.21. The van der Waals surface area contributed by atoms with Gasteiger partial charge >= 0.3 is 0 Å². The van der Waals surface area contributed by atoms with Gasteiger partial charge < -0.3 is 9.47 Å². The normalized spacial score (nSPS) is 9.64. The molecule has 0 atom stereocenters. The Kier molecular flexibility index (Phi) is 5.70. The lowest BCUT2D eigenvalue weighted by molar-refractivity contribution is -0.114. The molecule has 0 amide bonds. The summed E-state index contributed by atoms with van der Waals surface area (Å²) >= 11 is 0. The monoisotopic (exact) mass is 158 g/mol. The number of ketones is 1. The lowest BCUT2D eigenvalue weighted by atomic mass is 10.2. The Morgan fingerprint density at radius 2 is 2.09 bits per heavy atom. The summed E-state index contributed by atoms with van der Waals surface area (Å²) in [6.07, 6.45) is 0. The molecule has 0 bridgehead atoms. The van der Waals surface area contributed by atoms with Crippen molar-refractivity contribution in [3.63, 3.8) is 0 Å². The van der Waals surface area contributed by atoms with E-state index in [1.807, 2.05) is 0 Å². The second kappa shape index (κ2) is 6.07. The molecule has 0 unspecified atom stereocenters. The van der Waals surface area contributed by atoms with Crippen LogP contribution in [0.1, 0.15) is 6.92 Å². The zero-order valence-corrected chi connectivity index (χ0v) is 7.05. The van der Waals surface area contributed by atoms with Crippen molar-refractivity contribution in [2.75, 3.05) is 26.9 Å². The zero-order valence-electron chi connectivity index (χ0n) is 7.05. The van der Waals surface area contributed by atoms with E-state index in [4.69, 9.17) is 9.47 Å². The molecule has 64 valence electrons. The van der Waals surface area contributed by atoms with E-state index in [1.165, 1.54) is 6.92 Å². The number of hydrogen-bond acceptors (Lipinski definition) is 3. The first-order chi connectivity index (χ1) is 5.18. The van der Waals surface area contributed by atoms with Crippen molar-refractivity contribution >= 4 is 5.78 Å². The van der Waals surface area contributed by atoms with Crippen molar-refractivity contribution in [1.82, 2.24) is 0 Å². The van der Waals surface area contributed by atoms with Gasteiger partial charge in [0.1, 0.15) is 0 Å². The third-order valence-electron chi connectivity index (χ3n) is 1.21. The third kappa shape index (κ3) is 5.76. The van der Waals surface area contributed by atoms with Gasteiger partial charge in [0, 0.05) is 12.7 Å². The number of rotatable bonds is 6. The zero-order chi connectivity index (χ0) is 8.69. The molecule has 0 radical (unpaired) electrons. The van der Waals surface area contributed by atoms with Gasteiger partial charge in [0.25, 0.3) is 0 Å². The highest BCUT2D eigenvalue weighted by molar-refractivity contribution is 5.92. The van der Waals surface area contributed by atoms with Gasteiger partial charge in [0.2, 0.25) is 0 Å². The summed E-state index contributed by atoms with van der Waals surface area (Å²) in [5, 5.41) is 0. The predicted octanol–water partition coefficient (Wildman–Crippen LogP) is 0.795. The summed E-state index contributed by atoms with van der Waals surface area (Å²) in [5.41, 5.74) is 0.501. The maximum absolute atomic E-state index is 10.6. The molecular formula is C8H14O3. The van der Waals surface area contributed by atoms with Crippen LogP contribution in [-0.2, 0) is 14.3 Å². The first kappa shape index (κ1) is 10.3. The summed E-state index contributed by atoms with van der Waals surface area (Å²) in [5.74, 6) is -0.0255. The molecule has 3 nitrogen and oxygen atoms in total. The Morgan fingerprint density at radius 1 is 1.45 bits per heavy atom. The van der Waals surface area contributed by atoms with Crippen LogP contribution in [0.5, 0.6) is 0 Å². The highest BCUT2D eigenvalue weighted by atomic mass is 16.5. The second-order valence-electron chi connectivity index (χ2n) is 2.21. The van der Waals surface area contributed by atoms with Crippen LogP contribution in [0, 0.1) is 0 Å². The van der Waals surface area contributed by atoms with Crippen molar-refractivity contribution in [3.8, 4) is 0 Å². The van der Waals surface area contributed by atoms with E-state index in [2.05, 4.69) is 6.58 Å². The summed E-state index contributed by atoms with van der Waals surface area (Å²) in [4.78, 5) is 10.6. The van der Waals surface area contributed by atoms with Crippen LogP contribution in [0.3, 0.4) is 0 Å². The third-order valence-corrected chi connectivity index (χ3v) is 1.21. The van der Waals surface area contributed by atoms with Crippen molar-refractivity contribution < 1.29 is 14.3 Å². The van der Waals surface area contributed by atoms with Gasteiger partial charge in [0.15, 0.2) is 5.78 Å². The number of carbonyl (C=O) groups is 1. The van der Waals surface area contributed by atoms with E-state index in [0.717, 1.165) is 0 Å². The molecule has 0 saturated heterocycles. The fraction of sp³-hybridized carbons (Fsp3) is 0.625. The van der Waals surface area contributed by atoms with E-state index < -0.39 is 0 Å². The molecule has 0 heterocycles. The van der Waals surface area contributed by atoms with Gasteiger partial charge in [-0.3, -0.25) is 4.79 Å². The number of hydrogen-bond donors (Lipinski definition) is 0. The first-order valence-electron chi connectivity index (χ1n) is 3.44. The molecule has 0 rings (SSSR count). The number of methoxy groups -OCH3 is 1. The molecule has 3 heteroatoms. The number of ether oxygens (including phenoxy) is 2. The molecule has 0 fully saturated rings. The molecule has 11 heavy (non-hydrogen) atoms. The predicted molar refractivity (Wildman–Crippen MR) is 42.5 cm³/mol. The topological polar surface area (TPSA) is 35.5 Å². The van der Waals surface area contributed by atoms with Crippen LogP contribution in [0.15, 0.2) is 12.2 Å². The molecule has 0 aromatic carbocycles. The molecule has 0 saturated carbocycles. The molecule has 0 aromatic heterocycles. The maximum Gasteiger partial charge on any atom is 0.157 e. The Morgan fingerprint density at radius 3 is 2.55 bits per heavy atom. The van der Waals surface area contributed by atoms with Crippen LogP contribution in [0.4, 0.5) is 0 Å². The van der Waals surface area contributed by atoms with E-state index in [0.29, 0.717) is 25.4 Å². The summed E-state index contributed by atoms with van der Waals surface area (Å²) in [6, 6.07) is 0. The van der Waals surface area contributed by atoms with Gasteiger partial charge in [-0.15, -0.1) is 0 Å². The van der Waals surface area contributed by atoms with E-state index >= 15 is 0 Å². The molecule has 0 aliphatic rings. The minimum atomic E-state index is -0.0255. The highest BCUT2D eigenvalue weighted by Crippen LogP contribution is 1.92. The van der Waals surface area contributed by atoms with E-state index in [-0.39, 0.29) is 5.78 Å². The summed E-state index contributed by atoms with van der Waals surface area (Å²) in [7, 11) is 1.60. The van der Waals surface area contributed by atoms with Crippen LogP contribution < -0.4 is 0 Å². The SMILES string of the molecule is C=C(COCCOC)C(C)=O. The van der Waals surface area contributed by atoms with E-state index in [9.17, 15) is 4.79 Å². The minimum Gasteiger partial charge on any atom is -0.382 e. The fourth-order valence-electron chi connectivity index (χ4n) is 0.439. The number of carbonyl (C=O) groups excluding carboxylic acids is 1. The molecular weight excluding hydrogens is 144 g/mol. The van der Waals surface area contributed by atoms with Crippen molar-refractivity contribution in [2.24, 2.45) is 0 Å². The lowest BCUT2D eigenvalue weighted by Gasteiger charge is -2.02. The highest BCUT2D eigenvalue weighted by Gasteiger charge is 1.98. The average molecular weight is 158 g/mol. The quantitative estimate of drug-likeness (QED) is 0.423. The maximum atomic E-state index is 10.6. The van der Waals surface area contributed by atoms with Crippen molar-refractivity contribution in [1.29, 1.82) is 0 Å². The van der Waals surface area contributed by atoms with Gasteiger partial charge in [-0.05, 0) is 6.92 Å². The Balaban J connectivity index is 3.25.